The summed E-state index contributed by atoms with van der Waals surface area (Å²) in [6, 6.07) is 13.5. The smallest absolute Gasteiger partial charge is 0.253 e. The maximum Gasteiger partial charge on any atom is 0.253 e. The minimum absolute atomic E-state index is 0.0214. The van der Waals surface area contributed by atoms with Gasteiger partial charge in [-0.1, -0.05) is 18.2 Å². The van der Waals surface area contributed by atoms with Crippen molar-refractivity contribution in [1.29, 1.82) is 0 Å². The summed E-state index contributed by atoms with van der Waals surface area (Å²) in [7, 11) is -2.04. The van der Waals surface area contributed by atoms with Crippen molar-refractivity contribution in [3.8, 4) is 5.75 Å². The maximum atomic E-state index is 12.6. The molecule has 34 heavy (non-hydrogen) atoms. The molecule has 10 heteroatoms. The number of nitrogens with zero attached hydrogens (tertiary/aromatic N) is 1. The number of nitrogens with one attached hydrogen (secondary N) is 2. The second kappa shape index (κ2) is 11.8. The normalized spacial score (nSPS) is 15.5. The monoisotopic (exact) mass is 489 g/mol. The summed E-state index contributed by atoms with van der Waals surface area (Å²) in [6.07, 6.45) is 3.43. The molecule has 0 saturated carbocycles. The molecule has 184 valence electrons. The van der Waals surface area contributed by atoms with Crippen LogP contribution in [0, 0.1) is 0 Å². The number of benzene rings is 2. The van der Waals surface area contributed by atoms with Crippen LogP contribution in [0.15, 0.2) is 48.5 Å². The minimum atomic E-state index is -3.55. The highest BCUT2D eigenvalue weighted by Crippen LogP contribution is 2.24. The van der Waals surface area contributed by atoms with Crippen molar-refractivity contribution in [3.63, 3.8) is 0 Å². The van der Waals surface area contributed by atoms with Gasteiger partial charge in [0.15, 0.2) is 0 Å². The topological polar surface area (TPSA) is 114 Å². The summed E-state index contributed by atoms with van der Waals surface area (Å²) >= 11 is 0. The summed E-state index contributed by atoms with van der Waals surface area (Å²) in [5, 5.41) is 5.63. The lowest BCUT2D eigenvalue weighted by Gasteiger charge is -2.22. The number of hydrogen-bond acceptors (Lipinski definition) is 6. The molecule has 0 radical (unpaired) electrons. The quantitative estimate of drug-likeness (QED) is 0.502. The molecule has 0 aliphatic carbocycles. The number of anilines is 2. The van der Waals surface area contributed by atoms with E-state index >= 15 is 0 Å². The molecule has 2 aromatic carbocycles. The van der Waals surface area contributed by atoms with Crippen LogP contribution in [0.2, 0.25) is 0 Å². The largest absolute Gasteiger partial charge is 0.497 e. The highest BCUT2D eigenvalue weighted by Gasteiger charge is 2.20. The molecule has 9 nitrogen and oxygen atoms in total. The van der Waals surface area contributed by atoms with E-state index in [1.54, 1.807) is 48.5 Å². The van der Waals surface area contributed by atoms with Gasteiger partial charge in [0.1, 0.15) is 5.75 Å². The maximum absolute atomic E-state index is 12.6. The van der Waals surface area contributed by atoms with Gasteiger partial charge in [0.2, 0.25) is 15.9 Å². The van der Waals surface area contributed by atoms with Crippen LogP contribution in [0.4, 0.5) is 11.4 Å². The number of amides is 2. The number of methoxy groups -OCH3 is 1. The Labute approximate surface area is 200 Å². The van der Waals surface area contributed by atoms with Crippen molar-refractivity contribution < 1.29 is 27.5 Å². The highest BCUT2D eigenvalue weighted by atomic mass is 32.2. The lowest BCUT2D eigenvalue weighted by molar-refractivity contribution is -0.116. The van der Waals surface area contributed by atoms with Gasteiger partial charge in [0.25, 0.3) is 5.91 Å². The summed E-state index contributed by atoms with van der Waals surface area (Å²) < 4.78 is 36.6. The predicted octanol–water partition coefficient (Wildman–Crippen LogP) is 2.79. The van der Waals surface area contributed by atoms with Crippen molar-refractivity contribution in [3.05, 3.63) is 54.1 Å². The Bertz CT molecular complexity index is 1100. The van der Waals surface area contributed by atoms with Gasteiger partial charge < -0.3 is 20.1 Å². The second-order valence-corrected chi connectivity index (χ2v) is 9.99. The van der Waals surface area contributed by atoms with Gasteiger partial charge in [0, 0.05) is 32.2 Å². The SMILES string of the molecule is COc1cccc(N(CCCC(=O)Nc2ccccc2C(=O)NCC2CCCO2)S(C)(=O)=O)c1. The van der Waals surface area contributed by atoms with Crippen molar-refractivity contribution in [2.75, 3.05) is 42.7 Å². The number of carbonyl (C=O) groups is 2. The standard InChI is InChI=1S/C24H31N3O6S/c1-32-19-9-5-8-18(16-19)27(34(2,30)31)14-6-13-23(28)26-22-12-4-3-11-21(22)24(29)25-17-20-10-7-15-33-20/h3-5,8-9,11-12,16,20H,6-7,10,13-15,17H2,1-2H3,(H,25,29)(H,26,28). The lowest BCUT2D eigenvalue weighted by Crippen LogP contribution is -2.32. The van der Waals surface area contributed by atoms with E-state index in [1.807, 2.05) is 0 Å². The third-order valence-corrected chi connectivity index (χ3v) is 6.66. The molecule has 0 bridgehead atoms. The molecule has 2 aromatic rings. The second-order valence-electron chi connectivity index (χ2n) is 8.08. The van der Waals surface area contributed by atoms with Crippen LogP contribution in [-0.2, 0) is 19.6 Å². The van der Waals surface area contributed by atoms with Crippen molar-refractivity contribution in [2.45, 2.75) is 31.8 Å². The van der Waals surface area contributed by atoms with E-state index in [9.17, 15) is 18.0 Å². The zero-order valence-corrected chi connectivity index (χ0v) is 20.3. The summed E-state index contributed by atoms with van der Waals surface area (Å²) in [4.78, 5) is 25.2. The van der Waals surface area contributed by atoms with Crippen LogP contribution >= 0.6 is 0 Å². The first-order valence-corrected chi connectivity index (χ1v) is 13.0. The van der Waals surface area contributed by atoms with Gasteiger partial charge in [-0.05, 0) is 43.5 Å². The molecular formula is C24H31N3O6S. The molecule has 3 rings (SSSR count). The highest BCUT2D eigenvalue weighted by molar-refractivity contribution is 7.92. The Kier molecular flexibility index (Phi) is 8.89. The zero-order valence-electron chi connectivity index (χ0n) is 19.5. The van der Waals surface area contributed by atoms with Crippen LogP contribution in [0.25, 0.3) is 0 Å². The summed E-state index contributed by atoms with van der Waals surface area (Å²) in [5.41, 5.74) is 1.24. The molecule has 1 unspecified atom stereocenters. The first-order chi connectivity index (χ1) is 16.3. The summed E-state index contributed by atoms with van der Waals surface area (Å²) in [5.74, 6) is -0.0515. The Morgan fingerprint density at radius 2 is 1.97 bits per heavy atom. The lowest BCUT2D eigenvalue weighted by atomic mass is 10.1. The van der Waals surface area contributed by atoms with Crippen LogP contribution in [0.5, 0.6) is 5.75 Å². The summed E-state index contributed by atoms with van der Waals surface area (Å²) in [6.45, 7) is 1.26. The molecule has 1 aliphatic heterocycles. The van der Waals surface area contributed by atoms with Crippen molar-refractivity contribution >= 4 is 33.2 Å². The third-order valence-electron chi connectivity index (χ3n) is 5.47. The van der Waals surface area contributed by atoms with E-state index in [0.29, 0.717) is 42.3 Å². The molecule has 1 aliphatic rings. The average molecular weight is 490 g/mol. The van der Waals surface area contributed by atoms with E-state index in [4.69, 9.17) is 9.47 Å². The Morgan fingerprint density at radius 1 is 1.18 bits per heavy atom. The average Bonchev–Trinajstić information content (AvgIpc) is 3.33. The van der Waals surface area contributed by atoms with E-state index < -0.39 is 10.0 Å². The van der Waals surface area contributed by atoms with Gasteiger partial charge in [-0.25, -0.2) is 8.42 Å². The first kappa shape index (κ1) is 25.5. The van der Waals surface area contributed by atoms with Crippen molar-refractivity contribution in [2.24, 2.45) is 0 Å². The molecular weight excluding hydrogens is 458 g/mol. The fourth-order valence-electron chi connectivity index (χ4n) is 3.75. The zero-order chi connectivity index (χ0) is 24.6. The number of sulfonamides is 1. The Hall–Kier alpha value is -3.11. The number of hydrogen-bond donors (Lipinski definition) is 2. The Balaban J connectivity index is 1.57. The Morgan fingerprint density at radius 3 is 2.68 bits per heavy atom. The van der Waals surface area contributed by atoms with E-state index in [0.717, 1.165) is 19.1 Å². The van der Waals surface area contributed by atoms with Gasteiger partial charge in [-0.15, -0.1) is 0 Å². The van der Waals surface area contributed by atoms with Gasteiger partial charge in [0.05, 0.1) is 36.4 Å². The van der Waals surface area contributed by atoms with E-state index in [-0.39, 0.29) is 30.9 Å². The number of para-hydroxylation sites is 1. The van der Waals surface area contributed by atoms with Gasteiger partial charge in [-0.3, -0.25) is 13.9 Å². The van der Waals surface area contributed by atoms with Crippen LogP contribution in [0.3, 0.4) is 0 Å². The molecule has 1 heterocycles. The van der Waals surface area contributed by atoms with Gasteiger partial charge in [-0.2, -0.15) is 0 Å². The molecule has 0 spiro atoms. The van der Waals surface area contributed by atoms with E-state index in [1.165, 1.54) is 11.4 Å². The third kappa shape index (κ3) is 7.19. The number of ether oxygens (including phenoxy) is 2. The van der Waals surface area contributed by atoms with Gasteiger partial charge >= 0.3 is 0 Å². The molecule has 1 fully saturated rings. The molecule has 2 amide bonds. The van der Waals surface area contributed by atoms with Crippen molar-refractivity contribution in [1.82, 2.24) is 5.32 Å². The molecule has 0 aromatic heterocycles. The fraction of sp³-hybridized carbons (Fsp3) is 0.417. The predicted molar refractivity (Wildman–Crippen MR) is 131 cm³/mol. The number of rotatable bonds is 11. The first-order valence-electron chi connectivity index (χ1n) is 11.2. The molecule has 1 atom stereocenters. The van der Waals surface area contributed by atoms with Crippen LogP contribution in [0.1, 0.15) is 36.0 Å². The van der Waals surface area contributed by atoms with Crippen LogP contribution < -0.4 is 19.7 Å². The minimum Gasteiger partial charge on any atom is -0.497 e. The molecule has 2 N–H and O–H groups in total. The molecule has 1 saturated heterocycles. The van der Waals surface area contributed by atoms with Crippen LogP contribution in [-0.4, -0.2) is 59.4 Å². The number of carbonyl (C=O) groups excluding carboxylic acids is 2. The van der Waals surface area contributed by atoms with E-state index in [2.05, 4.69) is 10.6 Å². The fourth-order valence-corrected chi connectivity index (χ4v) is 4.70.